The van der Waals surface area contributed by atoms with E-state index in [1.165, 1.54) is 24.3 Å². The van der Waals surface area contributed by atoms with Crippen LogP contribution in [0, 0.1) is 0 Å². The molecule has 0 aromatic heterocycles. The fourth-order valence-corrected chi connectivity index (χ4v) is 5.08. The van der Waals surface area contributed by atoms with E-state index in [1.807, 2.05) is 0 Å². The molecule has 0 spiro atoms. The van der Waals surface area contributed by atoms with Gasteiger partial charge in [0.15, 0.2) is 5.85 Å². The van der Waals surface area contributed by atoms with Gasteiger partial charge in [0.1, 0.15) is 0 Å². The summed E-state index contributed by atoms with van der Waals surface area (Å²) >= 11 is 5.87. The largest absolute Gasteiger partial charge is 0.416 e. The molecule has 7 nitrogen and oxygen atoms in total. The Morgan fingerprint density at radius 2 is 1.37 bits per heavy atom. The van der Waals surface area contributed by atoms with Gasteiger partial charge in [-0.15, -0.1) is 0 Å². The van der Waals surface area contributed by atoms with Crippen LogP contribution in [0.4, 0.5) is 13.2 Å². The number of sulfonamides is 1. The molecule has 35 heavy (non-hydrogen) atoms. The van der Waals surface area contributed by atoms with E-state index >= 15 is 0 Å². The molecule has 0 aliphatic rings. The summed E-state index contributed by atoms with van der Waals surface area (Å²) < 4.78 is 78.3. The minimum Gasteiger partial charge on any atom is -0.380 e. The fraction of sp³-hybridized carbons (Fsp3) is 0.182. The zero-order valence-corrected chi connectivity index (χ0v) is 20.2. The summed E-state index contributed by atoms with van der Waals surface area (Å²) in [6, 6.07) is 14.5. The number of hydrogen-bond acceptors (Lipinski definition) is 4. The van der Waals surface area contributed by atoms with E-state index in [4.69, 9.17) is 11.6 Å². The first-order valence-corrected chi connectivity index (χ1v) is 13.5. The van der Waals surface area contributed by atoms with Crippen LogP contribution in [0.2, 0.25) is 5.02 Å². The molecule has 0 fully saturated rings. The number of hydrogen-bond donors (Lipinski definition) is 4. The highest BCUT2D eigenvalue weighted by atomic mass is 35.5. The Kier molecular flexibility index (Phi) is 8.12. The summed E-state index contributed by atoms with van der Waals surface area (Å²) in [5, 5.41) is 10.4. The molecule has 0 saturated heterocycles. The van der Waals surface area contributed by atoms with Crippen LogP contribution in [0.5, 0.6) is 0 Å². The topological polar surface area (TPSA) is 124 Å². The van der Waals surface area contributed by atoms with Gasteiger partial charge in [0.05, 0.1) is 16.5 Å². The highest BCUT2D eigenvalue weighted by molar-refractivity contribution is 7.89. The van der Waals surface area contributed by atoms with Crippen LogP contribution in [0.1, 0.15) is 23.6 Å². The molecule has 3 aromatic rings. The molecule has 4 N–H and O–H groups in total. The second-order valence-electron chi connectivity index (χ2n) is 7.63. The van der Waals surface area contributed by atoms with E-state index in [0.717, 1.165) is 17.7 Å². The van der Waals surface area contributed by atoms with Crippen LogP contribution < -0.4 is 4.72 Å². The maximum Gasteiger partial charge on any atom is 0.416 e. The predicted molar refractivity (Wildman–Crippen MR) is 124 cm³/mol. The molecule has 0 bridgehead atoms. The summed E-state index contributed by atoms with van der Waals surface area (Å²) in [7, 11) is -9.32. The van der Waals surface area contributed by atoms with Crippen molar-refractivity contribution in [2.75, 3.05) is 0 Å². The van der Waals surface area contributed by atoms with Crippen molar-refractivity contribution in [2.24, 2.45) is 0 Å². The van der Waals surface area contributed by atoms with E-state index in [-0.39, 0.29) is 10.5 Å². The van der Waals surface area contributed by atoms with Crippen molar-refractivity contribution in [3.05, 3.63) is 88.9 Å². The molecule has 0 aliphatic heterocycles. The molecule has 2 unspecified atom stereocenters. The summed E-state index contributed by atoms with van der Waals surface area (Å²) in [4.78, 5) is 18.3. The van der Waals surface area contributed by atoms with Gasteiger partial charge in [-0.05, 0) is 53.1 Å². The lowest BCUT2D eigenvalue weighted by atomic mass is 10.0. The quantitative estimate of drug-likeness (QED) is 0.295. The van der Waals surface area contributed by atoms with E-state index in [9.17, 15) is 41.0 Å². The van der Waals surface area contributed by atoms with E-state index in [1.54, 1.807) is 24.3 Å². The first-order valence-electron chi connectivity index (χ1n) is 9.95. The number of aliphatic hydroxyl groups excluding tert-OH is 1. The highest BCUT2D eigenvalue weighted by Gasteiger charge is 2.34. The molecule has 0 aliphatic carbocycles. The lowest BCUT2D eigenvalue weighted by molar-refractivity contribution is -0.137. The van der Waals surface area contributed by atoms with Crippen LogP contribution in [0.3, 0.4) is 0 Å². The number of halogens is 4. The average molecular weight is 550 g/mol. The van der Waals surface area contributed by atoms with Crippen LogP contribution >= 0.6 is 19.2 Å². The third-order valence-electron chi connectivity index (χ3n) is 5.11. The van der Waals surface area contributed by atoms with Crippen LogP contribution in [-0.4, -0.2) is 29.2 Å². The fourth-order valence-electron chi connectivity index (χ4n) is 3.23. The molecule has 3 aromatic carbocycles. The van der Waals surface area contributed by atoms with Crippen LogP contribution in [0.15, 0.2) is 77.7 Å². The number of nitrogens with one attached hydrogen (secondary N) is 1. The van der Waals surface area contributed by atoms with Crippen molar-refractivity contribution in [1.29, 1.82) is 0 Å². The minimum atomic E-state index is -5.02. The Bertz CT molecular complexity index is 1310. The van der Waals surface area contributed by atoms with Gasteiger partial charge in [-0.1, -0.05) is 48.0 Å². The van der Waals surface area contributed by atoms with Gasteiger partial charge >= 0.3 is 13.8 Å². The molecule has 13 heteroatoms. The monoisotopic (exact) mass is 549 g/mol. The van der Waals surface area contributed by atoms with Crippen molar-refractivity contribution < 1.29 is 41.0 Å². The lowest BCUT2D eigenvalue weighted by Crippen LogP contribution is -2.31. The van der Waals surface area contributed by atoms with Crippen LogP contribution in [-0.2, 0) is 20.8 Å². The molecule has 0 saturated carbocycles. The molecule has 3 rings (SSSR count). The molecule has 2 atom stereocenters. The number of rotatable bonds is 8. The van der Waals surface area contributed by atoms with Gasteiger partial charge in [-0.3, -0.25) is 4.57 Å². The molecular formula is C22H20ClF3NO6PS. The minimum absolute atomic E-state index is 0.0214. The third-order valence-corrected chi connectivity index (χ3v) is 7.84. The lowest BCUT2D eigenvalue weighted by Gasteiger charge is -2.23. The summed E-state index contributed by atoms with van der Waals surface area (Å²) in [5.41, 5.74) is 0.457. The van der Waals surface area contributed by atoms with Crippen LogP contribution in [0.25, 0.3) is 11.1 Å². The number of benzene rings is 3. The first kappa shape index (κ1) is 27.3. The Hall–Kier alpha value is -2.24. The smallest absolute Gasteiger partial charge is 0.380 e. The zero-order chi connectivity index (χ0) is 26.0. The SMILES string of the molecule is O=P(O)(O)C(O)CC(NS(=O)(=O)c1ccc(-c2ccc(Cl)cc2)cc1)c1ccc(C(F)(F)F)cc1. The first-order chi connectivity index (χ1) is 16.2. The molecule has 0 amide bonds. The van der Waals surface area contributed by atoms with Gasteiger partial charge in [0.2, 0.25) is 10.0 Å². The van der Waals surface area contributed by atoms with Crippen molar-refractivity contribution in [1.82, 2.24) is 4.72 Å². The standard InChI is InChI=1S/C22H20ClF3NO6PS/c23-18-9-3-14(4-10-18)15-5-11-19(12-6-15)35(32,33)27-20(13-21(28)34(29,30)31)16-1-7-17(8-2-16)22(24,25)26/h1-12,20-21,27-28H,13H2,(H2,29,30,31). The number of aliphatic hydroxyl groups is 1. The van der Waals surface area contributed by atoms with Crippen molar-refractivity contribution in [3.8, 4) is 11.1 Å². The van der Waals surface area contributed by atoms with Crippen molar-refractivity contribution in [2.45, 2.75) is 29.4 Å². The second kappa shape index (κ2) is 10.4. The molecule has 0 heterocycles. The molecular weight excluding hydrogens is 530 g/mol. The van der Waals surface area contributed by atoms with Gasteiger partial charge in [0.25, 0.3) is 0 Å². The van der Waals surface area contributed by atoms with Gasteiger partial charge in [-0.25, -0.2) is 13.1 Å². The predicted octanol–water partition coefficient (Wildman–Crippen LogP) is 4.93. The van der Waals surface area contributed by atoms with E-state index < -0.39 is 47.7 Å². The maximum atomic E-state index is 13.0. The second-order valence-corrected chi connectivity index (χ2v) is 11.6. The third kappa shape index (κ3) is 7.14. The van der Waals surface area contributed by atoms with Gasteiger partial charge < -0.3 is 14.9 Å². The van der Waals surface area contributed by atoms with E-state index in [2.05, 4.69) is 4.72 Å². The average Bonchev–Trinajstić information content (AvgIpc) is 2.78. The number of alkyl halides is 3. The zero-order valence-electron chi connectivity index (χ0n) is 17.7. The van der Waals surface area contributed by atoms with Gasteiger partial charge in [0, 0.05) is 11.4 Å². The Labute approximate surface area is 204 Å². The van der Waals surface area contributed by atoms with Crippen molar-refractivity contribution in [3.63, 3.8) is 0 Å². The van der Waals surface area contributed by atoms with E-state index in [0.29, 0.717) is 22.7 Å². The van der Waals surface area contributed by atoms with Crippen molar-refractivity contribution >= 4 is 29.2 Å². The Morgan fingerprint density at radius 1 is 0.886 bits per heavy atom. The highest BCUT2D eigenvalue weighted by Crippen LogP contribution is 2.44. The maximum absolute atomic E-state index is 13.0. The Morgan fingerprint density at radius 3 is 1.83 bits per heavy atom. The van der Waals surface area contributed by atoms with Gasteiger partial charge in [-0.2, -0.15) is 13.2 Å². The summed E-state index contributed by atoms with van der Waals surface area (Å²) in [6.45, 7) is 0. The molecule has 0 radical (unpaired) electrons. The summed E-state index contributed by atoms with van der Waals surface area (Å²) in [5.74, 6) is -2.25. The molecule has 188 valence electrons. The Balaban J connectivity index is 1.90. The normalized spacial score (nSPS) is 14.5. The summed E-state index contributed by atoms with van der Waals surface area (Å²) in [6.07, 6.45) is -5.41.